The standard InChI is InChI=1S/C12H11F2NO2S2/c13-10-4-3-9(8-11(10)14)5-6-15-19(16,17)12-2-1-7-18-12/h1-4,7-8,15H,5-6H2. The minimum absolute atomic E-state index is 0.130. The number of hydrogen-bond acceptors (Lipinski definition) is 3. The van der Waals surface area contributed by atoms with Crippen molar-refractivity contribution in [3.63, 3.8) is 0 Å². The average Bonchev–Trinajstić information content (AvgIpc) is 2.88. The molecule has 2 rings (SSSR count). The van der Waals surface area contributed by atoms with Crippen LogP contribution < -0.4 is 4.72 Å². The van der Waals surface area contributed by atoms with Crippen molar-refractivity contribution in [3.05, 3.63) is 52.9 Å². The van der Waals surface area contributed by atoms with Crippen LogP contribution >= 0.6 is 11.3 Å². The van der Waals surface area contributed by atoms with Crippen LogP contribution in [0.4, 0.5) is 8.78 Å². The number of rotatable bonds is 5. The first kappa shape index (κ1) is 14.1. The van der Waals surface area contributed by atoms with E-state index in [1.54, 1.807) is 11.4 Å². The zero-order valence-corrected chi connectivity index (χ0v) is 11.4. The maximum Gasteiger partial charge on any atom is 0.250 e. The second-order valence-corrected chi connectivity index (χ2v) is 6.77. The Balaban J connectivity index is 1.95. The molecule has 0 aliphatic heterocycles. The summed E-state index contributed by atoms with van der Waals surface area (Å²) in [6.07, 6.45) is 0.293. The highest BCUT2D eigenvalue weighted by atomic mass is 32.2. The van der Waals surface area contributed by atoms with E-state index in [9.17, 15) is 17.2 Å². The average molecular weight is 303 g/mol. The first-order chi connectivity index (χ1) is 8.99. The summed E-state index contributed by atoms with van der Waals surface area (Å²) >= 11 is 1.12. The Morgan fingerprint density at radius 1 is 1.16 bits per heavy atom. The van der Waals surface area contributed by atoms with Crippen molar-refractivity contribution in [2.75, 3.05) is 6.54 Å². The molecule has 0 saturated carbocycles. The fourth-order valence-corrected chi connectivity index (χ4v) is 3.58. The molecule has 19 heavy (non-hydrogen) atoms. The lowest BCUT2D eigenvalue weighted by atomic mass is 10.1. The third kappa shape index (κ3) is 3.59. The van der Waals surface area contributed by atoms with E-state index < -0.39 is 21.7 Å². The van der Waals surface area contributed by atoms with Gasteiger partial charge in [-0.05, 0) is 35.6 Å². The van der Waals surface area contributed by atoms with Crippen LogP contribution in [-0.4, -0.2) is 15.0 Å². The van der Waals surface area contributed by atoms with Crippen molar-refractivity contribution < 1.29 is 17.2 Å². The minimum atomic E-state index is -3.50. The summed E-state index contributed by atoms with van der Waals surface area (Å²) in [5.41, 5.74) is 0.535. The SMILES string of the molecule is O=S(=O)(NCCc1ccc(F)c(F)c1)c1cccs1. The number of halogens is 2. The molecule has 1 N–H and O–H groups in total. The van der Waals surface area contributed by atoms with Crippen LogP contribution in [0.25, 0.3) is 0 Å². The van der Waals surface area contributed by atoms with Gasteiger partial charge in [0.05, 0.1) is 0 Å². The van der Waals surface area contributed by atoms with Crippen molar-refractivity contribution in [1.29, 1.82) is 0 Å². The van der Waals surface area contributed by atoms with Gasteiger partial charge < -0.3 is 0 Å². The van der Waals surface area contributed by atoms with Gasteiger partial charge in [-0.2, -0.15) is 0 Å². The molecule has 0 fully saturated rings. The predicted molar refractivity (Wildman–Crippen MR) is 69.6 cm³/mol. The van der Waals surface area contributed by atoms with Gasteiger partial charge >= 0.3 is 0 Å². The number of hydrogen-bond donors (Lipinski definition) is 1. The number of thiophene rings is 1. The molecule has 0 amide bonds. The summed E-state index contributed by atoms with van der Waals surface area (Å²) in [6.45, 7) is 0.130. The molecular formula is C12H11F2NO2S2. The van der Waals surface area contributed by atoms with Gasteiger partial charge in [0.15, 0.2) is 11.6 Å². The first-order valence-electron chi connectivity index (χ1n) is 5.46. The molecule has 1 aromatic carbocycles. The maximum absolute atomic E-state index is 13.0. The Morgan fingerprint density at radius 3 is 2.58 bits per heavy atom. The van der Waals surface area contributed by atoms with Crippen LogP contribution in [0.15, 0.2) is 39.9 Å². The van der Waals surface area contributed by atoms with E-state index in [1.807, 2.05) is 0 Å². The lowest BCUT2D eigenvalue weighted by molar-refractivity contribution is 0.507. The molecule has 0 spiro atoms. The summed E-state index contributed by atoms with van der Waals surface area (Å²) in [4.78, 5) is 0. The van der Waals surface area contributed by atoms with E-state index in [-0.39, 0.29) is 10.8 Å². The lowest BCUT2D eigenvalue weighted by Gasteiger charge is -2.05. The van der Waals surface area contributed by atoms with Crippen molar-refractivity contribution in [1.82, 2.24) is 4.72 Å². The van der Waals surface area contributed by atoms with Crippen molar-refractivity contribution >= 4 is 21.4 Å². The Morgan fingerprint density at radius 2 is 1.95 bits per heavy atom. The first-order valence-corrected chi connectivity index (χ1v) is 7.82. The molecule has 0 aliphatic carbocycles. The number of benzene rings is 1. The van der Waals surface area contributed by atoms with Gasteiger partial charge in [-0.15, -0.1) is 11.3 Å². The molecule has 3 nitrogen and oxygen atoms in total. The molecule has 2 aromatic rings. The zero-order chi connectivity index (χ0) is 13.9. The second-order valence-electron chi connectivity index (χ2n) is 3.83. The summed E-state index contributed by atoms with van der Waals surface area (Å²) in [5.74, 6) is -1.85. The van der Waals surface area contributed by atoms with Gasteiger partial charge in [-0.25, -0.2) is 21.9 Å². The van der Waals surface area contributed by atoms with Crippen LogP contribution in [-0.2, 0) is 16.4 Å². The molecular weight excluding hydrogens is 292 g/mol. The van der Waals surface area contributed by atoms with Gasteiger partial charge in [0, 0.05) is 6.54 Å². The van der Waals surface area contributed by atoms with Crippen LogP contribution in [0, 0.1) is 11.6 Å². The zero-order valence-electron chi connectivity index (χ0n) is 9.77. The monoisotopic (exact) mass is 303 g/mol. The molecule has 0 radical (unpaired) electrons. The third-order valence-electron chi connectivity index (χ3n) is 2.45. The van der Waals surface area contributed by atoms with Crippen LogP contribution in [0.1, 0.15) is 5.56 Å². The van der Waals surface area contributed by atoms with Gasteiger partial charge in [0.2, 0.25) is 10.0 Å². The van der Waals surface area contributed by atoms with Crippen molar-refractivity contribution in [2.24, 2.45) is 0 Å². The van der Waals surface area contributed by atoms with Gasteiger partial charge in [0.25, 0.3) is 0 Å². The molecule has 102 valence electrons. The van der Waals surface area contributed by atoms with Gasteiger partial charge in [-0.1, -0.05) is 12.1 Å². The summed E-state index contributed by atoms with van der Waals surface area (Å²) < 4.78 is 51.8. The van der Waals surface area contributed by atoms with E-state index in [2.05, 4.69) is 4.72 Å². The predicted octanol–water partition coefficient (Wildman–Crippen LogP) is 2.55. The highest BCUT2D eigenvalue weighted by Crippen LogP contribution is 2.15. The van der Waals surface area contributed by atoms with E-state index in [4.69, 9.17) is 0 Å². The van der Waals surface area contributed by atoms with Crippen LogP contribution in [0.5, 0.6) is 0 Å². The second kappa shape index (κ2) is 5.77. The molecule has 0 atom stereocenters. The third-order valence-corrected chi connectivity index (χ3v) is 5.31. The maximum atomic E-state index is 13.0. The number of nitrogens with one attached hydrogen (secondary N) is 1. The van der Waals surface area contributed by atoms with E-state index in [0.717, 1.165) is 23.5 Å². The summed E-state index contributed by atoms with van der Waals surface area (Å²) in [7, 11) is -3.50. The summed E-state index contributed by atoms with van der Waals surface area (Å²) in [6, 6.07) is 6.67. The number of sulfonamides is 1. The van der Waals surface area contributed by atoms with E-state index in [1.165, 1.54) is 12.1 Å². The van der Waals surface area contributed by atoms with Crippen LogP contribution in [0.3, 0.4) is 0 Å². The van der Waals surface area contributed by atoms with E-state index in [0.29, 0.717) is 12.0 Å². The fraction of sp³-hybridized carbons (Fsp3) is 0.167. The van der Waals surface area contributed by atoms with Crippen LogP contribution in [0.2, 0.25) is 0 Å². The molecule has 1 aromatic heterocycles. The smallest absolute Gasteiger partial charge is 0.210 e. The Hall–Kier alpha value is -1.31. The van der Waals surface area contributed by atoms with Gasteiger partial charge in [-0.3, -0.25) is 0 Å². The minimum Gasteiger partial charge on any atom is -0.210 e. The Labute approximate surface area is 114 Å². The molecule has 0 saturated heterocycles. The van der Waals surface area contributed by atoms with E-state index >= 15 is 0 Å². The highest BCUT2D eigenvalue weighted by Gasteiger charge is 2.14. The molecule has 1 heterocycles. The van der Waals surface area contributed by atoms with Crippen molar-refractivity contribution in [3.8, 4) is 0 Å². The molecule has 0 bridgehead atoms. The Kier molecular flexibility index (Phi) is 4.28. The largest absolute Gasteiger partial charge is 0.250 e. The Bertz CT molecular complexity index is 654. The lowest BCUT2D eigenvalue weighted by Crippen LogP contribution is -2.25. The quantitative estimate of drug-likeness (QED) is 0.922. The summed E-state index contributed by atoms with van der Waals surface area (Å²) in [5, 5.41) is 1.67. The molecule has 0 aliphatic rings. The van der Waals surface area contributed by atoms with Crippen molar-refractivity contribution in [2.45, 2.75) is 10.6 Å². The molecule has 0 unspecified atom stereocenters. The highest BCUT2D eigenvalue weighted by molar-refractivity contribution is 7.91. The molecule has 7 heteroatoms. The van der Waals surface area contributed by atoms with Gasteiger partial charge in [0.1, 0.15) is 4.21 Å². The normalized spacial score (nSPS) is 11.7. The topological polar surface area (TPSA) is 46.2 Å². The fourth-order valence-electron chi connectivity index (χ4n) is 1.51.